The molecule has 1 atom stereocenters. The molecule has 1 aromatic rings. The molecule has 1 aromatic heterocycles. The molecule has 3 heteroatoms. The normalized spacial score (nSPS) is 24.0. The smallest absolute Gasteiger partial charge is 0.0331 e. The van der Waals surface area contributed by atoms with E-state index in [9.17, 15) is 0 Å². The van der Waals surface area contributed by atoms with Gasteiger partial charge in [0.1, 0.15) is 0 Å². The molecule has 0 spiro atoms. The number of nitrogens with one attached hydrogen (secondary N) is 1. The number of piperazine rings is 1. The zero-order chi connectivity index (χ0) is 9.97. The summed E-state index contributed by atoms with van der Waals surface area (Å²) in [5.74, 6) is 0. The second-order valence-corrected chi connectivity index (χ2v) is 5.41. The highest BCUT2D eigenvalue weighted by atomic mass is 32.1. The summed E-state index contributed by atoms with van der Waals surface area (Å²) in [6.07, 6.45) is 0. The molecular weight excluding hydrogens is 192 g/mol. The fourth-order valence-corrected chi connectivity index (χ4v) is 2.80. The fourth-order valence-electron chi connectivity index (χ4n) is 1.89. The SMILES string of the molecule is Cc1ccc(CN2CCNC[C@@H]2C)s1. The number of thiophene rings is 1. The van der Waals surface area contributed by atoms with Gasteiger partial charge in [-0.15, -0.1) is 11.3 Å². The van der Waals surface area contributed by atoms with Gasteiger partial charge >= 0.3 is 0 Å². The summed E-state index contributed by atoms with van der Waals surface area (Å²) in [6, 6.07) is 5.15. The number of hydrogen-bond acceptors (Lipinski definition) is 3. The Morgan fingerprint density at radius 1 is 1.57 bits per heavy atom. The molecule has 1 aliphatic rings. The fraction of sp³-hybridized carbons (Fsp3) is 0.636. The molecule has 2 heterocycles. The van der Waals surface area contributed by atoms with Crippen LogP contribution < -0.4 is 5.32 Å². The third-order valence-corrected chi connectivity index (χ3v) is 3.78. The van der Waals surface area contributed by atoms with Gasteiger partial charge in [-0.1, -0.05) is 0 Å². The molecular formula is C11H18N2S. The summed E-state index contributed by atoms with van der Waals surface area (Å²) in [6.45, 7) is 9.04. The second kappa shape index (κ2) is 4.43. The molecule has 1 saturated heterocycles. The Balaban J connectivity index is 1.95. The van der Waals surface area contributed by atoms with Crippen LogP contribution in [-0.4, -0.2) is 30.6 Å². The second-order valence-electron chi connectivity index (χ2n) is 4.04. The minimum atomic E-state index is 0.672. The zero-order valence-electron chi connectivity index (χ0n) is 8.92. The zero-order valence-corrected chi connectivity index (χ0v) is 9.73. The summed E-state index contributed by atoms with van der Waals surface area (Å²) in [7, 11) is 0. The molecule has 0 aromatic carbocycles. The number of aryl methyl sites for hydroxylation is 1. The predicted molar refractivity (Wildman–Crippen MR) is 61.8 cm³/mol. The van der Waals surface area contributed by atoms with Crippen LogP contribution in [0, 0.1) is 6.92 Å². The summed E-state index contributed by atoms with van der Waals surface area (Å²) in [5.41, 5.74) is 0. The molecule has 0 aliphatic carbocycles. The molecule has 0 unspecified atom stereocenters. The van der Waals surface area contributed by atoms with Crippen molar-refractivity contribution >= 4 is 11.3 Å². The van der Waals surface area contributed by atoms with Gasteiger partial charge in [-0.2, -0.15) is 0 Å². The maximum atomic E-state index is 3.42. The lowest BCUT2D eigenvalue weighted by Crippen LogP contribution is -2.49. The summed E-state index contributed by atoms with van der Waals surface area (Å²) in [5, 5.41) is 3.42. The minimum absolute atomic E-state index is 0.672. The molecule has 78 valence electrons. The highest BCUT2D eigenvalue weighted by Gasteiger charge is 2.17. The van der Waals surface area contributed by atoms with Gasteiger partial charge in [0, 0.05) is 42.0 Å². The third-order valence-electron chi connectivity index (χ3n) is 2.79. The van der Waals surface area contributed by atoms with Crippen molar-refractivity contribution in [2.45, 2.75) is 26.4 Å². The largest absolute Gasteiger partial charge is 0.314 e. The first-order chi connectivity index (χ1) is 6.75. The van der Waals surface area contributed by atoms with Gasteiger partial charge in [-0.25, -0.2) is 0 Å². The highest BCUT2D eigenvalue weighted by molar-refractivity contribution is 7.11. The van der Waals surface area contributed by atoms with Crippen molar-refractivity contribution in [2.24, 2.45) is 0 Å². The Hall–Kier alpha value is -0.380. The van der Waals surface area contributed by atoms with Crippen LogP contribution >= 0.6 is 11.3 Å². The average Bonchev–Trinajstić information content (AvgIpc) is 2.56. The van der Waals surface area contributed by atoms with Crippen molar-refractivity contribution in [1.29, 1.82) is 0 Å². The number of hydrogen-bond donors (Lipinski definition) is 1. The first-order valence-electron chi connectivity index (χ1n) is 5.26. The van der Waals surface area contributed by atoms with Crippen LogP contribution in [-0.2, 0) is 6.54 Å². The topological polar surface area (TPSA) is 15.3 Å². The van der Waals surface area contributed by atoms with Crippen molar-refractivity contribution in [3.8, 4) is 0 Å². The lowest BCUT2D eigenvalue weighted by Gasteiger charge is -2.33. The quantitative estimate of drug-likeness (QED) is 0.801. The first kappa shape index (κ1) is 10.1. The van der Waals surface area contributed by atoms with Gasteiger partial charge in [-0.05, 0) is 26.0 Å². The van der Waals surface area contributed by atoms with E-state index in [1.165, 1.54) is 16.3 Å². The molecule has 1 fully saturated rings. The summed E-state index contributed by atoms with van der Waals surface area (Å²) >= 11 is 1.92. The molecule has 1 N–H and O–H groups in total. The Kier molecular flexibility index (Phi) is 3.21. The van der Waals surface area contributed by atoms with Crippen LogP contribution in [0.3, 0.4) is 0 Å². The van der Waals surface area contributed by atoms with E-state index in [4.69, 9.17) is 0 Å². The monoisotopic (exact) mass is 210 g/mol. The minimum Gasteiger partial charge on any atom is -0.314 e. The Labute approximate surface area is 89.9 Å². The van der Waals surface area contributed by atoms with E-state index in [1.54, 1.807) is 0 Å². The van der Waals surface area contributed by atoms with E-state index in [1.807, 2.05) is 11.3 Å². The van der Waals surface area contributed by atoms with E-state index in [2.05, 4.69) is 36.2 Å². The van der Waals surface area contributed by atoms with Crippen molar-refractivity contribution in [3.63, 3.8) is 0 Å². The third kappa shape index (κ3) is 2.35. The van der Waals surface area contributed by atoms with Crippen molar-refractivity contribution in [1.82, 2.24) is 10.2 Å². The maximum absolute atomic E-state index is 3.42. The molecule has 2 rings (SSSR count). The lowest BCUT2D eigenvalue weighted by atomic mass is 10.2. The molecule has 2 nitrogen and oxygen atoms in total. The molecule has 1 aliphatic heterocycles. The molecule has 0 radical (unpaired) electrons. The van der Waals surface area contributed by atoms with Crippen LogP contribution in [0.5, 0.6) is 0 Å². The van der Waals surface area contributed by atoms with E-state index in [0.29, 0.717) is 6.04 Å². The maximum Gasteiger partial charge on any atom is 0.0331 e. The van der Waals surface area contributed by atoms with E-state index < -0.39 is 0 Å². The van der Waals surface area contributed by atoms with Gasteiger partial charge in [0.25, 0.3) is 0 Å². The van der Waals surface area contributed by atoms with Gasteiger partial charge in [-0.3, -0.25) is 4.90 Å². The van der Waals surface area contributed by atoms with Gasteiger partial charge in [0.15, 0.2) is 0 Å². The lowest BCUT2D eigenvalue weighted by molar-refractivity contribution is 0.167. The van der Waals surface area contributed by atoms with E-state index in [-0.39, 0.29) is 0 Å². The van der Waals surface area contributed by atoms with Crippen LogP contribution in [0.4, 0.5) is 0 Å². The van der Waals surface area contributed by atoms with Crippen LogP contribution in [0.15, 0.2) is 12.1 Å². The molecule has 0 bridgehead atoms. The van der Waals surface area contributed by atoms with Crippen LogP contribution in [0.1, 0.15) is 16.7 Å². The summed E-state index contributed by atoms with van der Waals surface area (Å²) in [4.78, 5) is 5.47. The van der Waals surface area contributed by atoms with Crippen molar-refractivity contribution in [2.75, 3.05) is 19.6 Å². The van der Waals surface area contributed by atoms with E-state index in [0.717, 1.165) is 19.6 Å². The Bertz CT molecular complexity index is 295. The number of nitrogens with zero attached hydrogens (tertiary/aromatic N) is 1. The molecule has 0 saturated carbocycles. The highest BCUT2D eigenvalue weighted by Crippen LogP contribution is 2.18. The Morgan fingerprint density at radius 2 is 2.43 bits per heavy atom. The van der Waals surface area contributed by atoms with Crippen LogP contribution in [0.25, 0.3) is 0 Å². The summed E-state index contributed by atoms with van der Waals surface area (Å²) < 4.78 is 0. The molecule has 14 heavy (non-hydrogen) atoms. The first-order valence-corrected chi connectivity index (χ1v) is 6.07. The standard InChI is InChI=1S/C11H18N2S/c1-9-7-12-5-6-13(9)8-11-4-3-10(2)14-11/h3-4,9,12H,5-8H2,1-2H3/t9-/m0/s1. The van der Waals surface area contributed by atoms with Crippen molar-refractivity contribution in [3.05, 3.63) is 21.9 Å². The molecule has 0 amide bonds. The van der Waals surface area contributed by atoms with Gasteiger partial charge in [0.2, 0.25) is 0 Å². The Morgan fingerprint density at radius 3 is 3.07 bits per heavy atom. The van der Waals surface area contributed by atoms with Crippen LogP contribution in [0.2, 0.25) is 0 Å². The number of rotatable bonds is 2. The van der Waals surface area contributed by atoms with Crippen molar-refractivity contribution < 1.29 is 0 Å². The van der Waals surface area contributed by atoms with Gasteiger partial charge in [0.05, 0.1) is 0 Å². The van der Waals surface area contributed by atoms with Gasteiger partial charge < -0.3 is 5.32 Å². The predicted octanol–water partition coefficient (Wildman–Crippen LogP) is 1.85. The average molecular weight is 210 g/mol. The van der Waals surface area contributed by atoms with E-state index >= 15 is 0 Å².